The molecule has 5 rings (SSSR count). The molecule has 3 aromatic rings. The van der Waals surface area contributed by atoms with Crippen LogP contribution in [0, 0.1) is 4.78 Å². The Labute approximate surface area is 191 Å². The van der Waals surface area contributed by atoms with Gasteiger partial charge in [0, 0.05) is 38.1 Å². The van der Waals surface area contributed by atoms with Gasteiger partial charge in [-0.2, -0.15) is 10.6 Å². The molecule has 0 aliphatic carbocycles. The maximum absolute atomic E-state index is 12.6. The summed E-state index contributed by atoms with van der Waals surface area (Å²) in [6.45, 7) is 4.96. The number of nitrogens with one attached hydrogen (secondary N) is 2. The van der Waals surface area contributed by atoms with Gasteiger partial charge < -0.3 is 19.2 Å². The average Bonchev–Trinajstić information content (AvgIpc) is 3.38. The predicted octanol–water partition coefficient (Wildman–Crippen LogP) is 3.29. The minimum atomic E-state index is -1.86. The van der Waals surface area contributed by atoms with Crippen LogP contribution < -0.4 is 5.32 Å². The van der Waals surface area contributed by atoms with E-state index in [0.29, 0.717) is 25.0 Å². The Morgan fingerprint density at radius 1 is 1.25 bits per heavy atom. The molecule has 32 heavy (non-hydrogen) atoms. The van der Waals surface area contributed by atoms with Crippen LogP contribution in [0.5, 0.6) is 0 Å². The monoisotopic (exact) mass is 470 g/mol. The second-order valence-electron chi connectivity index (χ2n) is 8.46. The van der Waals surface area contributed by atoms with Crippen molar-refractivity contribution in [2.75, 3.05) is 19.6 Å². The topological polar surface area (TPSA) is 115 Å². The van der Waals surface area contributed by atoms with E-state index in [1.165, 1.54) is 22.7 Å². The number of piperidine rings is 1. The van der Waals surface area contributed by atoms with Crippen molar-refractivity contribution in [3.05, 3.63) is 47.5 Å². The standard InChI is InChI=1S/C21H24N7O2S2/c1-14(15-2-3-18-17(8-15)25-13-31-18)27-6-4-21(5-7-27)12-28(20(29)26-21)11-19-23-9-16(10-24-19)32(22)30/h2-3,8-10,13-14,22H,4-7,11-12H2,1H3,(H,26,29)/q-1/t14-/m1/s1. The molecule has 11 heteroatoms. The third-order valence-electron chi connectivity index (χ3n) is 6.52. The maximum atomic E-state index is 12.6. The number of hydrogen-bond donors (Lipinski definition) is 2. The zero-order chi connectivity index (χ0) is 22.3. The van der Waals surface area contributed by atoms with Crippen molar-refractivity contribution in [1.82, 2.24) is 30.1 Å². The third-order valence-corrected chi connectivity index (χ3v) is 7.97. The Hall–Kier alpha value is -2.63. The lowest BCUT2D eigenvalue weighted by Crippen LogP contribution is -2.52. The normalized spacial score (nSPS) is 19.7. The smallest absolute Gasteiger partial charge is 0.318 e. The van der Waals surface area contributed by atoms with Gasteiger partial charge in [-0.3, -0.25) is 4.90 Å². The Balaban J connectivity index is 1.21. The molecule has 2 aromatic heterocycles. The summed E-state index contributed by atoms with van der Waals surface area (Å²) in [5.74, 6) is 0.481. The number of benzene rings is 1. The van der Waals surface area contributed by atoms with Crippen LogP contribution in [0.15, 0.2) is 41.0 Å². The lowest BCUT2D eigenvalue weighted by atomic mass is 9.87. The number of thiazole rings is 1. The van der Waals surface area contributed by atoms with Gasteiger partial charge in [0.15, 0.2) is 0 Å². The first-order valence-corrected chi connectivity index (χ1v) is 12.5. The average molecular weight is 471 g/mol. The van der Waals surface area contributed by atoms with Crippen molar-refractivity contribution in [1.29, 1.82) is 4.78 Å². The van der Waals surface area contributed by atoms with Crippen molar-refractivity contribution in [2.24, 2.45) is 0 Å². The molecule has 0 saturated carbocycles. The predicted molar refractivity (Wildman–Crippen MR) is 122 cm³/mol. The van der Waals surface area contributed by atoms with Gasteiger partial charge in [-0.15, -0.1) is 11.3 Å². The van der Waals surface area contributed by atoms with Crippen molar-refractivity contribution >= 4 is 38.2 Å². The molecule has 1 aromatic carbocycles. The van der Waals surface area contributed by atoms with Crippen molar-refractivity contribution in [3.8, 4) is 0 Å². The van der Waals surface area contributed by atoms with Crippen LogP contribution in [0.1, 0.15) is 37.2 Å². The number of nitrogens with zero attached hydrogens (tertiary/aromatic N) is 5. The quantitative estimate of drug-likeness (QED) is 0.553. The molecule has 2 fully saturated rings. The van der Waals surface area contributed by atoms with Gasteiger partial charge in [0.1, 0.15) is 5.82 Å². The Morgan fingerprint density at radius 2 is 2.00 bits per heavy atom. The molecule has 0 unspecified atom stereocenters. The second-order valence-corrected chi connectivity index (χ2v) is 10.4. The molecule has 4 heterocycles. The number of carbonyl (C=O) groups is 1. The van der Waals surface area contributed by atoms with E-state index >= 15 is 0 Å². The molecular weight excluding hydrogens is 446 g/mol. The number of hydrogen-bond acceptors (Lipinski definition) is 9. The molecule has 2 saturated heterocycles. The van der Waals surface area contributed by atoms with Gasteiger partial charge in [0.05, 0.1) is 27.8 Å². The first kappa shape index (κ1) is 21.2. The maximum Gasteiger partial charge on any atom is 0.318 e. The van der Waals surface area contributed by atoms with Crippen molar-refractivity contribution in [3.63, 3.8) is 0 Å². The van der Waals surface area contributed by atoms with E-state index in [1.807, 2.05) is 5.51 Å². The van der Waals surface area contributed by atoms with Crippen LogP contribution in [0.25, 0.3) is 10.2 Å². The largest absolute Gasteiger partial charge is 0.440 e. The van der Waals surface area contributed by atoms with E-state index in [0.717, 1.165) is 31.4 Å². The molecule has 2 aliphatic heterocycles. The van der Waals surface area contributed by atoms with Gasteiger partial charge in [0.2, 0.25) is 0 Å². The van der Waals surface area contributed by atoms with Crippen molar-refractivity contribution in [2.45, 2.75) is 42.8 Å². The molecule has 9 nitrogen and oxygen atoms in total. The van der Waals surface area contributed by atoms with E-state index in [4.69, 9.17) is 4.78 Å². The molecule has 0 bridgehead atoms. The van der Waals surface area contributed by atoms with E-state index in [9.17, 15) is 9.00 Å². The first-order valence-electron chi connectivity index (χ1n) is 10.5. The highest BCUT2D eigenvalue weighted by atomic mass is 32.2. The van der Waals surface area contributed by atoms with Crippen molar-refractivity contribution < 1.29 is 9.00 Å². The fourth-order valence-electron chi connectivity index (χ4n) is 4.57. The first-order chi connectivity index (χ1) is 15.4. The Kier molecular flexibility index (Phi) is 5.56. The summed E-state index contributed by atoms with van der Waals surface area (Å²) >= 11 is 1.66. The van der Waals surface area contributed by atoms with Crippen LogP contribution >= 0.6 is 11.3 Å². The molecular formula is C21H24N7O2S2-. The Morgan fingerprint density at radius 3 is 2.72 bits per heavy atom. The summed E-state index contributed by atoms with van der Waals surface area (Å²) in [5.41, 5.74) is 3.98. The fraction of sp³-hybridized carbons (Fsp3) is 0.429. The molecule has 0 radical (unpaired) electrons. The highest BCUT2D eigenvalue weighted by Crippen LogP contribution is 2.33. The molecule has 2 amide bonds. The van der Waals surface area contributed by atoms with Crippen LogP contribution in [0.3, 0.4) is 0 Å². The molecule has 2 N–H and O–H groups in total. The third kappa shape index (κ3) is 4.07. The number of rotatable bonds is 5. The molecule has 1 atom stereocenters. The van der Waals surface area contributed by atoms with Crippen LogP contribution in [-0.4, -0.2) is 56.0 Å². The van der Waals surface area contributed by atoms with E-state index in [1.54, 1.807) is 16.2 Å². The summed E-state index contributed by atoms with van der Waals surface area (Å²) in [4.78, 5) is 29.8. The zero-order valence-corrected chi connectivity index (χ0v) is 19.3. The molecule has 2 aliphatic rings. The molecule has 168 valence electrons. The number of carbonyl (C=O) groups excluding carboxylic acids is 1. The summed E-state index contributed by atoms with van der Waals surface area (Å²) < 4.78 is 19.6. The van der Waals surface area contributed by atoms with E-state index < -0.39 is 10.6 Å². The Bertz CT molecular complexity index is 1210. The van der Waals surface area contributed by atoms with Gasteiger partial charge in [-0.05, 0) is 37.5 Å². The summed E-state index contributed by atoms with van der Waals surface area (Å²) in [6, 6.07) is 6.71. The zero-order valence-electron chi connectivity index (χ0n) is 17.7. The van der Waals surface area contributed by atoms with Gasteiger partial charge >= 0.3 is 6.03 Å². The summed E-state index contributed by atoms with van der Waals surface area (Å²) in [5, 5.41) is 3.21. The summed E-state index contributed by atoms with van der Waals surface area (Å²) in [7, 11) is -1.86. The lowest BCUT2D eigenvalue weighted by molar-refractivity contribution is 0.115. The minimum absolute atomic E-state index is 0.0998. The number of amides is 2. The van der Waals surface area contributed by atoms with Gasteiger partial charge in [-0.1, -0.05) is 11.0 Å². The number of likely N-dealkylation sites (tertiary alicyclic amines) is 1. The summed E-state index contributed by atoms with van der Waals surface area (Å²) in [6.07, 6.45) is 4.54. The van der Waals surface area contributed by atoms with Crippen LogP contribution in [-0.2, 0) is 21.3 Å². The van der Waals surface area contributed by atoms with Gasteiger partial charge in [0.25, 0.3) is 0 Å². The minimum Gasteiger partial charge on any atom is -0.440 e. The highest BCUT2D eigenvalue weighted by Gasteiger charge is 2.45. The lowest BCUT2D eigenvalue weighted by Gasteiger charge is -2.41. The number of fused-ring (bicyclic) bond motifs is 1. The van der Waals surface area contributed by atoms with E-state index in [-0.39, 0.29) is 16.5 Å². The fourth-order valence-corrected chi connectivity index (χ4v) is 5.53. The van der Waals surface area contributed by atoms with E-state index in [2.05, 4.69) is 50.3 Å². The number of aromatic nitrogens is 3. The number of urea groups is 1. The van der Waals surface area contributed by atoms with Crippen LogP contribution in [0.4, 0.5) is 4.79 Å². The molecule has 1 spiro atoms. The van der Waals surface area contributed by atoms with Gasteiger partial charge in [-0.25, -0.2) is 19.7 Å². The second kappa shape index (κ2) is 8.38. The SMILES string of the molecule is C[C@H](c1ccc2scnc2c1)N1CCC2(CC1)CN(Cc1ncc([S-](=N)=O)cn1)C(=O)N2. The van der Waals surface area contributed by atoms with Crippen LogP contribution in [0.2, 0.25) is 0 Å². The highest BCUT2D eigenvalue weighted by molar-refractivity contribution is 7.73.